The quantitative estimate of drug-likeness (QED) is 0.889. The molecule has 0 aliphatic heterocycles. The van der Waals surface area contributed by atoms with Crippen LogP contribution in [0.3, 0.4) is 0 Å². The number of hydrogen-bond donors (Lipinski definition) is 1. The lowest BCUT2D eigenvalue weighted by Gasteiger charge is -2.09. The SMILES string of the molecule is C[C@@H](CCNC(=O)c1occc1-c1ccc(F)cc1)[S@](C)=O. The number of halogens is 1. The van der Waals surface area contributed by atoms with E-state index in [0.29, 0.717) is 24.1 Å². The molecule has 1 aromatic heterocycles. The average molecular weight is 323 g/mol. The van der Waals surface area contributed by atoms with E-state index in [1.807, 2.05) is 6.92 Å². The van der Waals surface area contributed by atoms with Gasteiger partial charge in [0.1, 0.15) is 5.82 Å². The Kier molecular flexibility index (Phi) is 5.49. The number of benzene rings is 1. The maximum Gasteiger partial charge on any atom is 0.287 e. The van der Waals surface area contributed by atoms with Gasteiger partial charge in [-0.05, 0) is 30.2 Å². The number of rotatable bonds is 6. The molecule has 1 amide bonds. The number of carbonyl (C=O) groups excluding carboxylic acids is 1. The van der Waals surface area contributed by atoms with Crippen LogP contribution in [0.5, 0.6) is 0 Å². The molecule has 0 bridgehead atoms. The van der Waals surface area contributed by atoms with E-state index in [0.717, 1.165) is 0 Å². The van der Waals surface area contributed by atoms with E-state index < -0.39 is 10.8 Å². The van der Waals surface area contributed by atoms with Crippen LogP contribution in [-0.4, -0.2) is 28.2 Å². The fourth-order valence-corrected chi connectivity index (χ4v) is 2.43. The first-order valence-electron chi connectivity index (χ1n) is 6.93. The van der Waals surface area contributed by atoms with Gasteiger partial charge in [-0.25, -0.2) is 4.39 Å². The topological polar surface area (TPSA) is 59.3 Å². The van der Waals surface area contributed by atoms with Gasteiger partial charge in [-0.15, -0.1) is 0 Å². The normalized spacial score (nSPS) is 13.6. The third kappa shape index (κ3) is 4.04. The molecule has 0 fully saturated rings. The van der Waals surface area contributed by atoms with Crippen molar-refractivity contribution in [2.24, 2.45) is 0 Å². The van der Waals surface area contributed by atoms with Crippen LogP contribution < -0.4 is 5.32 Å². The smallest absolute Gasteiger partial charge is 0.287 e. The van der Waals surface area contributed by atoms with E-state index in [1.54, 1.807) is 24.5 Å². The van der Waals surface area contributed by atoms with Crippen molar-refractivity contribution in [2.45, 2.75) is 18.6 Å². The molecule has 2 rings (SSSR count). The van der Waals surface area contributed by atoms with Gasteiger partial charge in [0, 0.05) is 34.4 Å². The maximum absolute atomic E-state index is 13.0. The summed E-state index contributed by atoms with van der Waals surface area (Å²) in [6.45, 7) is 2.29. The second-order valence-corrected chi connectivity index (χ2v) is 6.83. The van der Waals surface area contributed by atoms with Crippen molar-refractivity contribution < 1.29 is 17.8 Å². The van der Waals surface area contributed by atoms with Crippen LogP contribution in [0.15, 0.2) is 41.0 Å². The molecule has 0 aliphatic rings. The number of carbonyl (C=O) groups is 1. The molecule has 22 heavy (non-hydrogen) atoms. The monoisotopic (exact) mass is 323 g/mol. The van der Waals surface area contributed by atoms with Crippen molar-refractivity contribution in [3.8, 4) is 11.1 Å². The van der Waals surface area contributed by atoms with Crippen molar-refractivity contribution in [1.82, 2.24) is 5.32 Å². The number of amides is 1. The summed E-state index contributed by atoms with van der Waals surface area (Å²) >= 11 is 0. The van der Waals surface area contributed by atoms with Crippen molar-refractivity contribution in [3.63, 3.8) is 0 Å². The maximum atomic E-state index is 13.0. The number of nitrogens with one attached hydrogen (secondary N) is 1. The lowest BCUT2D eigenvalue weighted by molar-refractivity contribution is 0.0926. The van der Waals surface area contributed by atoms with Gasteiger partial charge in [0.05, 0.1) is 6.26 Å². The molecule has 0 spiro atoms. The zero-order valence-corrected chi connectivity index (χ0v) is 13.3. The Morgan fingerprint density at radius 3 is 2.64 bits per heavy atom. The minimum atomic E-state index is -0.908. The van der Waals surface area contributed by atoms with Gasteiger partial charge in [0.2, 0.25) is 0 Å². The van der Waals surface area contributed by atoms with Crippen molar-refractivity contribution >= 4 is 16.7 Å². The third-order valence-electron chi connectivity index (χ3n) is 3.43. The van der Waals surface area contributed by atoms with Crippen LogP contribution in [0, 0.1) is 5.82 Å². The Bertz CT molecular complexity index is 666. The van der Waals surface area contributed by atoms with Crippen LogP contribution in [0.25, 0.3) is 11.1 Å². The summed E-state index contributed by atoms with van der Waals surface area (Å²) in [5.74, 6) is -0.477. The molecule has 0 saturated heterocycles. The molecule has 0 radical (unpaired) electrons. The van der Waals surface area contributed by atoms with Crippen molar-refractivity contribution in [2.75, 3.05) is 12.8 Å². The summed E-state index contributed by atoms with van der Waals surface area (Å²) in [5.41, 5.74) is 1.33. The van der Waals surface area contributed by atoms with Crippen LogP contribution in [0.1, 0.15) is 23.9 Å². The summed E-state index contributed by atoms with van der Waals surface area (Å²) in [5, 5.41) is 2.77. The number of furan rings is 1. The summed E-state index contributed by atoms with van der Waals surface area (Å²) in [4.78, 5) is 12.2. The molecule has 1 aromatic carbocycles. The highest BCUT2D eigenvalue weighted by atomic mass is 32.2. The molecule has 118 valence electrons. The molecule has 4 nitrogen and oxygen atoms in total. The second-order valence-electron chi connectivity index (χ2n) is 5.02. The van der Waals surface area contributed by atoms with Crippen molar-refractivity contribution in [3.05, 3.63) is 48.2 Å². The molecule has 2 aromatic rings. The Morgan fingerprint density at radius 1 is 1.32 bits per heavy atom. The summed E-state index contributed by atoms with van der Waals surface area (Å²) < 4.78 is 29.5. The van der Waals surface area contributed by atoms with E-state index in [1.165, 1.54) is 18.4 Å². The Labute approximate surface area is 131 Å². The van der Waals surface area contributed by atoms with E-state index >= 15 is 0 Å². The largest absolute Gasteiger partial charge is 0.459 e. The molecular weight excluding hydrogens is 305 g/mol. The minimum Gasteiger partial charge on any atom is -0.459 e. The molecule has 1 N–H and O–H groups in total. The first kappa shape index (κ1) is 16.4. The highest BCUT2D eigenvalue weighted by molar-refractivity contribution is 7.84. The summed E-state index contributed by atoms with van der Waals surface area (Å²) in [7, 11) is -0.908. The first-order valence-corrected chi connectivity index (χ1v) is 8.55. The van der Waals surface area contributed by atoms with Crippen LogP contribution >= 0.6 is 0 Å². The van der Waals surface area contributed by atoms with Gasteiger partial charge in [-0.1, -0.05) is 19.1 Å². The number of hydrogen-bond acceptors (Lipinski definition) is 3. The van der Waals surface area contributed by atoms with Gasteiger partial charge in [0.25, 0.3) is 5.91 Å². The fraction of sp³-hybridized carbons (Fsp3) is 0.312. The molecule has 0 aliphatic carbocycles. The molecule has 1 heterocycles. The first-order chi connectivity index (χ1) is 10.5. The van der Waals surface area contributed by atoms with Crippen molar-refractivity contribution in [1.29, 1.82) is 0 Å². The fourth-order valence-electron chi connectivity index (χ4n) is 1.98. The lowest BCUT2D eigenvalue weighted by Crippen LogP contribution is -2.27. The van der Waals surface area contributed by atoms with Gasteiger partial charge in [0.15, 0.2) is 5.76 Å². The van der Waals surface area contributed by atoms with Gasteiger partial charge >= 0.3 is 0 Å². The molecule has 2 atom stereocenters. The minimum absolute atomic E-state index is 0.0217. The molecular formula is C16H18FNO3S. The Balaban J connectivity index is 2.04. The summed E-state index contributed by atoms with van der Waals surface area (Å²) in [6.07, 6.45) is 3.70. The van der Waals surface area contributed by atoms with Gasteiger partial charge < -0.3 is 9.73 Å². The standard InChI is InChI=1S/C16H18FNO3S/c1-11(22(2)20)7-9-18-16(19)15-14(8-10-21-15)12-3-5-13(17)6-4-12/h3-6,8,10-11H,7,9H2,1-2H3,(H,18,19)/t11-,22-/m0/s1. The highest BCUT2D eigenvalue weighted by Gasteiger charge is 2.17. The van der Waals surface area contributed by atoms with Crippen LogP contribution in [-0.2, 0) is 10.8 Å². The molecule has 0 saturated carbocycles. The van der Waals surface area contributed by atoms with E-state index in [9.17, 15) is 13.4 Å². The third-order valence-corrected chi connectivity index (χ3v) is 4.80. The van der Waals surface area contributed by atoms with E-state index in [4.69, 9.17) is 4.42 Å². The Morgan fingerprint density at radius 2 is 2.00 bits per heavy atom. The van der Waals surface area contributed by atoms with E-state index in [-0.39, 0.29) is 22.7 Å². The molecule has 6 heteroatoms. The second kappa shape index (κ2) is 7.35. The predicted molar refractivity (Wildman–Crippen MR) is 84.6 cm³/mol. The van der Waals surface area contributed by atoms with Gasteiger partial charge in [-0.2, -0.15) is 0 Å². The Hall–Kier alpha value is -1.95. The highest BCUT2D eigenvalue weighted by Crippen LogP contribution is 2.25. The van der Waals surface area contributed by atoms with Crippen LogP contribution in [0.2, 0.25) is 0 Å². The zero-order valence-electron chi connectivity index (χ0n) is 12.5. The van der Waals surface area contributed by atoms with Crippen LogP contribution in [0.4, 0.5) is 4.39 Å². The average Bonchev–Trinajstić information content (AvgIpc) is 2.97. The molecule has 0 unspecified atom stereocenters. The summed E-state index contributed by atoms with van der Waals surface area (Å²) in [6, 6.07) is 7.54. The van der Waals surface area contributed by atoms with E-state index in [2.05, 4.69) is 5.32 Å². The van der Waals surface area contributed by atoms with Gasteiger partial charge in [-0.3, -0.25) is 9.00 Å². The lowest BCUT2D eigenvalue weighted by atomic mass is 10.1. The predicted octanol–water partition coefficient (Wildman–Crippen LogP) is 2.97. The zero-order chi connectivity index (χ0) is 16.1.